The Bertz CT molecular complexity index is 278. The fourth-order valence-corrected chi connectivity index (χ4v) is 2.34. The SMILES string of the molecule is CCNC(Cc1ccoc1)C1CCCCO1. The van der Waals surface area contributed by atoms with E-state index >= 15 is 0 Å². The molecule has 3 heteroatoms. The highest BCUT2D eigenvalue weighted by Gasteiger charge is 2.24. The molecule has 1 saturated heterocycles. The van der Waals surface area contributed by atoms with Gasteiger partial charge in [-0.3, -0.25) is 0 Å². The van der Waals surface area contributed by atoms with E-state index in [0.29, 0.717) is 12.1 Å². The second kappa shape index (κ2) is 6.06. The van der Waals surface area contributed by atoms with Gasteiger partial charge in [-0.25, -0.2) is 0 Å². The molecule has 1 aromatic rings. The molecule has 1 aliphatic rings. The van der Waals surface area contributed by atoms with Gasteiger partial charge in [-0.2, -0.15) is 0 Å². The van der Waals surface area contributed by atoms with Gasteiger partial charge in [-0.1, -0.05) is 6.92 Å². The Balaban J connectivity index is 1.92. The predicted octanol–water partition coefficient (Wildman–Crippen LogP) is 2.37. The van der Waals surface area contributed by atoms with Gasteiger partial charge in [0.25, 0.3) is 0 Å². The Morgan fingerprint density at radius 2 is 2.44 bits per heavy atom. The normalized spacial score (nSPS) is 23.2. The molecular formula is C13H21NO2. The first kappa shape index (κ1) is 11.7. The van der Waals surface area contributed by atoms with Crippen LogP contribution in [0.1, 0.15) is 31.7 Å². The molecule has 1 N–H and O–H groups in total. The third-order valence-corrected chi connectivity index (χ3v) is 3.17. The molecule has 1 aromatic heterocycles. The summed E-state index contributed by atoms with van der Waals surface area (Å²) in [6.45, 7) is 4.05. The highest BCUT2D eigenvalue weighted by atomic mass is 16.5. The van der Waals surface area contributed by atoms with E-state index in [1.54, 1.807) is 6.26 Å². The lowest BCUT2D eigenvalue weighted by Crippen LogP contribution is -2.44. The second-order valence-corrected chi connectivity index (χ2v) is 4.40. The molecule has 1 aliphatic heterocycles. The van der Waals surface area contributed by atoms with Crippen LogP contribution in [0.4, 0.5) is 0 Å². The fourth-order valence-electron chi connectivity index (χ4n) is 2.34. The van der Waals surface area contributed by atoms with E-state index in [2.05, 4.69) is 12.2 Å². The molecule has 16 heavy (non-hydrogen) atoms. The van der Waals surface area contributed by atoms with Gasteiger partial charge in [-0.15, -0.1) is 0 Å². The van der Waals surface area contributed by atoms with Crippen molar-refractivity contribution in [3.63, 3.8) is 0 Å². The van der Waals surface area contributed by atoms with Crippen LogP contribution in [0.3, 0.4) is 0 Å². The van der Waals surface area contributed by atoms with E-state index in [1.165, 1.54) is 24.8 Å². The number of ether oxygens (including phenoxy) is 1. The molecule has 2 heterocycles. The molecule has 1 fully saturated rings. The first-order valence-corrected chi connectivity index (χ1v) is 6.26. The topological polar surface area (TPSA) is 34.4 Å². The van der Waals surface area contributed by atoms with Crippen LogP contribution < -0.4 is 5.32 Å². The Labute approximate surface area is 97.2 Å². The average Bonchev–Trinajstić information content (AvgIpc) is 2.83. The van der Waals surface area contributed by atoms with Gasteiger partial charge >= 0.3 is 0 Å². The van der Waals surface area contributed by atoms with E-state index in [4.69, 9.17) is 9.15 Å². The molecule has 0 spiro atoms. The second-order valence-electron chi connectivity index (χ2n) is 4.40. The maximum Gasteiger partial charge on any atom is 0.0935 e. The molecule has 0 aliphatic carbocycles. The Hall–Kier alpha value is -0.800. The number of nitrogens with one attached hydrogen (secondary N) is 1. The predicted molar refractivity (Wildman–Crippen MR) is 63.5 cm³/mol. The van der Waals surface area contributed by atoms with Crippen LogP contribution in [0.2, 0.25) is 0 Å². The summed E-state index contributed by atoms with van der Waals surface area (Å²) in [5.41, 5.74) is 1.25. The maximum absolute atomic E-state index is 5.85. The zero-order valence-corrected chi connectivity index (χ0v) is 9.95. The van der Waals surface area contributed by atoms with Crippen molar-refractivity contribution in [2.75, 3.05) is 13.2 Å². The van der Waals surface area contributed by atoms with Crippen molar-refractivity contribution in [1.29, 1.82) is 0 Å². The molecule has 2 rings (SSSR count). The molecule has 0 saturated carbocycles. The van der Waals surface area contributed by atoms with Crippen molar-refractivity contribution in [3.05, 3.63) is 24.2 Å². The third-order valence-electron chi connectivity index (χ3n) is 3.17. The zero-order valence-electron chi connectivity index (χ0n) is 9.95. The van der Waals surface area contributed by atoms with Crippen LogP contribution >= 0.6 is 0 Å². The van der Waals surface area contributed by atoms with Gasteiger partial charge < -0.3 is 14.5 Å². The highest BCUT2D eigenvalue weighted by molar-refractivity contribution is 5.08. The van der Waals surface area contributed by atoms with Crippen molar-refractivity contribution < 1.29 is 9.15 Å². The van der Waals surface area contributed by atoms with Crippen LogP contribution in [0.25, 0.3) is 0 Å². The minimum absolute atomic E-state index is 0.364. The molecule has 2 atom stereocenters. The van der Waals surface area contributed by atoms with Gasteiger partial charge in [-0.05, 0) is 43.9 Å². The van der Waals surface area contributed by atoms with Crippen LogP contribution in [0.5, 0.6) is 0 Å². The summed E-state index contributed by atoms with van der Waals surface area (Å²) < 4.78 is 11.0. The Kier molecular flexibility index (Phi) is 4.43. The van der Waals surface area contributed by atoms with Gasteiger partial charge in [0.2, 0.25) is 0 Å². The molecule has 0 bridgehead atoms. The summed E-state index contributed by atoms with van der Waals surface area (Å²) in [7, 11) is 0. The summed E-state index contributed by atoms with van der Waals surface area (Å²) in [6.07, 6.45) is 8.60. The van der Waals surface area contributed by atoms with Gasteiger partial charge in [0.15, 0.2) is 0 Å². The van der Waals surface area contributed by atoms with Crippen molar-refractivity contribution in [2.45, 2.75) is 44.8 Å². The lowest BCUT2D eigenvalue weighted by molar-refractivity contribution is -0.00711. The van der Waals surface area contributed by atoms with Gasteiger partial charge in [0, 0.05) is 12.6 Å². The molecule has 2 unspecified atom stereocenters. The largest absolute Gasteiger partial charge is 0.472 e. The van der Waals surface area contributed by atoms with Crippen LogP contribution in [-0.4, -0.2) is 25.3 Å². The number of hydrogen-bond donors (Lipinski definition) is 1. The summed E-state index contributed by atoms with van der Waals surface area (Å²) >= 11 is 0. The molecule has 3 nitrogen and oxygen atoms in total. The van der Waals surface area contributed by atoms with E-state index in [0.717, 1.165) is 19.6 Å². The van der Waals surface area contributed by atoms with Crippen molar-refractivity contribution in [1.82, 2.24) is 5.32 Å². The standard InChI is InChI=1S/C13H21NO2/c1-2-14-12(9-11-6-8-15-10-11)13-5-3-4-7-16-13/h6,8,10,12-14H,2-5,7,9H2,1H3. The third kappa shape index (κ3) is 3.09. The zero-order chi connectivity index (χ0) is 11.2. The summed E-state index contributed by atoms with van der Waals surface area (Å²) in [4.78, 5) is 0. The van der Waals surface area contributed by atoms with E-state index in [1.807, 2.05) is 12.3 Å². The number of hydrogen-bond acceptors (Lipinski definition) is 3. The van der Waals surface area contributed by atoms with Crippen molar-refractivity contribution >= 4 is 0 Å². The van der Waals surface area contributed by atoms with Crippen LogP contribution in [-0.2, 0) is 11.2 Å². The molecule has 0 aromatic carbocycles. The molecule has 90 valence electrons. The maximum atomic E-state index is 5.85. The van der Waals surface area contributed by atoms with Crippen molar-refractivity contribution in [3.8, 4) is 0 Å². The minimum atomic E-state index is 0.364. The molecular weight excluding hydrogens is 202 g/mol. The number of rotatable bonds is 5. The minimum Gasteiger partial charge on any atom is -0.472 e. The van der Waals surface area contributed by atoms with Crippen LogP contribution in [0.15, 0.2) is 23.0 Å². The van der Waals surface area contributed by atoms with E-state index < -0.39 is 0 Å². The van der Waals surface area contributed by atoms with Gasteiger partial charge in [0.1, 0.15) is 0 Å². The average molecular weight is 223 g/mol. The summed E-state index contributed by atoms with van der Waals surface area (Å²) in [5.74, 6) is 0. The number of likely N-dealkylation sites (N-methyl/N-ethyl adjacent to an activating group) is 1. The van der Waals surface area contributed by atoms with E-state index in [-0.39, 0.29) is 0 Å². The molecule has 0 amide bonds. The Morgan fingerprint density at radius 3 is 3.06 bits per heavy atom. The monoisotopic (exact) mass is 223 g/mol. The lowest BCUT2D eigenvalue weighted by atomic mass is 9.97. The highest BCUT2D eigenvalue weighted by Crippen LogP contribution is 2.18. The lowest BCUT2D eigenvalue weighted by Gasteiger charge is -2.30. The first-order chi connectivity index (χ1) is 7.90. The first-order valence-electron chi connectivity index (χ1n) is 6.26. The van der Waals surface area contributed by atoms with E-state index in [9.17, 15) is 0 Å². The number of furan rings is 1. The summed E-state index contributed by atoms with van der Waals surface area (Å²) in [6, 6.07) is 2.45. The fraction of sp³-hybridized carbons (Fsp3) is 0.692. The quantitative estimate of drug-likeness (QED) is 0.832. The smallest absolute Gasteiger partial charge is 0.0935 e. The molecule has 0 radical (unpaired) electrons. The van der Waals surface area contributed by atoms with Crippen LogP contribution in [0, 0.1) is 0 Å². The summed E-state index contributed by atoms with van der Waals surface area (Å²) in [5, 5.41) is 3.52. The van der Waals surface area contributed by atoms with Crippen molar-refractivity contribution in [2.24, 2.45) is 0 Å². The van der Waals surface area contributed by atoms with Gasteiger partial charge in [0.05, 0.1) is 18.6 Å². The Morgan fingerprint density at radius 1 is 1.50 bits per heavy atom.